The standard InChI is InChI=1S/C26H24N4O3/c1-17(2)30-25-21(15-27-30)20(14-22(28-25)18-8-4-3-5-9-18)26(32)33-16-24(31)29-13-12-19-10-6-7-11-23(19)29/h3-11,14-15,17H,12-13,16H2,1-2H3. The van der Waals surface area contributed by atoms with Crippen molar-refractivity contribution in [3.63, 3.8) is 0 Å². The van der Waals surface area contributed by atoms with Crippen LogP contribution in [0.1, 0.15) is 35.8 Å². The van der Waals surface area contributed by atoms with E-state index in [0.29, 0.717) is 28.8 Å². The van der Waals surface area contributed by atoms with Gasteiger partial charge < -0.3 is 9.64 Å². The van der Waals surface area contributed by atoms with Gasteiger partial charge in [0.25, 0.3) is 5.91 Å². The minimum atomic E-state index is -0.566. The van der Waals surface area contributed by atoms with Crippen LogP contribution in [0, 0.1) is 0 Å². The van der Waals surface area contributed by atoms with Crippen LogP contribution in [0.4, 0.5) is 5.69 Å². The van der Waals surface area contributed by atoms with Gasteiger partial charge in [0.05, 0.1) is 22.8 Å². The van der Waals surface area contributed by atoms with Gasteiger partial charge in [-0.2, -0.15) is 5.10 Å². The van der Waals surface area contributed by atoms with E-state index in [9.17, 15) is 9.59 Å². The number of carbonyl (C=O) groups excluding carboxylic acids is 2. The Balaban J connectivity index is 1.44. The number of anilines is 1. The highest BCUT2D eigenvalue weighted by molar-refractivity contribution is 6.05. The Morgan fingerprint density at radius 1 is 1.06 bits per heavy atom. The highest BCUT2D eigenvalue weighted by atomic mass is 16.5. The summed E-state index contributed by atoms with van der Waals surface area (Å²) in [6.07, 6.45) is 2.43. The van der Waals surface area contributed by atoms with Crippen LogP contribution in [-0.2, 0) is 16.0 Å². The van der Waals surface area contributed by atoms with Crippen molar-refractivity contribution in [3.8, 4) is 11.3 Å². The number of aromatic nitrogens is 3. The van der Waals surface area contributed by atoms with E-state index in [-0.39, 0.29) is 18.6 Å². The van der Waals surface area contributed by atoms with Crippen LogP contribution in [0.5, 0.6) is 0 Å². The van der Waals surface area contributed by atoms with Crippen molar-refractivity contribution in [1.29, 1.82) is 0 Å². The average molecular weight is 441 g/mol. The van der Waals surface area contributed by atoms with Gasteiger partial charge in [-0.25, -0.2) is 14.5 Å². The number of rotatable bonds is 5. The number of hydrogen-bond donors (Lipinski definition) is 0. The average Bonchev–Trinajstić information content (AvgIpc) is 3.47. The SMILES string of the molecule is CC(C)n1ncc2c(C(=O)OCC(=O)N3CCc4ccccc43)cc(-c3ccccc3)nc21. The van der Waals surface area contributed by atoms with Crippen LogP contribution in [0.3, 0.4) is 0 Å². The Bertz CT molecular complexity index is 1340. The van der Waals surface area contributed by atoms with E-state index in [1.807, 2.05) is 68.4 Å². The molecule has 2 aromatic heterocycles. The second-order valence-electron chi connectivity index (χ2n) is 8.34. The van der Waals surface area contributed by atoms with Crippen LogP contribution in [0.25, 0.3) is 22.3 Å². The Morgan fingerprint density at radius 3 is 2.61 bits per heavy atom. The largest absolute Gasteiger partial charge is 0.452 e. The summed E-state index contributed by atoms with van der Waals surface area (Å²) in [4.78, 5) is 32.4. The molecule has 1 aliphatic rings. The van der Waals surface area contributed by atoms with Gasteiger partial charge in [-0.15, -0.1) is 0 Å². The van der Waals surface area contributed by atoms with Crippen LogP contribution < -0.4 is 4.90 Å². The van der Waals surface area contributed by atoms with Crippen LogP contribution in [0.2, 0.25) is 0 Å². The first kappa shape index (κ1) is 20.9. The Labute approximate surface area is 191 Å². The zero-order valence-corrected chi connectivity index (χ0v) is 18.6. The number of pyridine rings is 1. The van der Waals surface area contributed by atoms with Gasteiger partial charge in [0.15, 0.2) is 12.3 Å². The van der Waals surface area contributed by atoms with Crippen molar-refractivity contribution in [2.24, 2.45) is 0 Å². The molecule has 7 nitrogen and oxygen atoms in total. The zero-order valence-electron chi connectivity index (χ0n) is 18.6. The molecule has 1 amide bonds. The van der Waals surface area contributed by atoms with Gasteiger partial charge in [-0.05, 0) is 38.0 Å². The molecule has 0 saturated carbocycles. The van der Waals surface area contributed by atoms with E-state index in [0.717, 1.165) is 23.2 Å². The summed E-state index contributed by atoms with van der Waals surface area (Å²) in [5, 5.41) is 5.03. The first-order valence-corrected chi connectivity index (χ1v) is 11.0. The fourth-order valence-electron chi connectivity index (χ4n) is 4.20. The van der Waals surface area contributed by atoms with Crippen LogP contribution >= 0.6 is 0 Å². The van der Waals surface area contributed by atoms with Gasteiger partial charge in [-0.3, -0.25) is 4.79 Å². The molecule has 1 aliphatic heterocycles. The van der Waals surface area contributed by atoms with Crippen molar-refractivity contribution in [3.05, 3.63) is 78.0 Å². The third kappa shape index (κ3) is 3.86. The van der Waals surface area contributed by atoms with Gasteiger partial charge in [0, 0.05) is 23.8 Å². The van der Waals surface area contributed by atoms with Crippen molar-refractivity contribution in [2.75, 3.05) is 18.1 Å². The van der Waals surface area contributed by atoms with E-state index in [1.165, 1.54) is 0 Å². The number of para-hydroxylation sites is 1. The first-order chi connectivity index (χ1) is 16.0. The predicted molar refractivity (Wildman–Crippen MR) is 126 cm³/mol. The molecule has 33 heavy (non-hydrogen) atoms. The molecule has 2 aromatic carbocycles. The molecule has 0 atom stereocenters. The van der Waals surface area contributed by atoms with Crippen molar-refractivity contribution < 1.29 is 14.3 Å². The van der Waals surface area contributed by atoms with Crippen LogP contribution in [0.15, 0.2) is 66.9 Å². The summed E-state index contributed by atoms with van der Waals surface area (Å²) < 4.78 is 7.27. The second kappa shape index (κ2) is 8.50. The molecule has 0 fully saturated rings. The summed E-state index contributed by atoms with van der Waals surface area (Å²) in [6.45, 7) is 4.28. The summed E-state index contributed by atoms with van der Waals surface area (Å²) >= 11 is 0. The van der Waals surface area contributed by atoms with E-state index in [1.54, 1.807) is 21.8 Å². The highest BCUT2D eigenvalue weighted by Crippen LogP contribution is 2.29. The molecule has 166 valence electrons. The first-order valence-electron chi connectivity index (χ1n) is 11.0. The lowest BCUT2D eigenvalue weighted by atomic mass is 10.1. The lowest BCUT2D eigenvalue weighted by molar-refractivity contribution is -0.121. The van der Waals surface area contributed by atoms with E-state index < -0.39 is 5.97 Å². The summed E-state index contributed by atoms with van der Waals surface area (Å²) in [5.41, 5.74) is 4.50. The van der Waals surface area contributed by atoms with E-state index in [4.69, 9.17) is 9.72 Å². The minimum Gasteiger partial charge on any atom is -0.452 e. The van der Waals surface area contributed by atoms with Crippen molar-refractivity contribution in [2.45, 2.75) is 26.3 Å². The maximum absolute atomic E-state index is 13.1. The van der Waals surface area contributed by atoms with E-state index in [2.05, 4.69) is 5.10 Å². The smallest absolute Gasteiger partial charge is 0.339 e. The fourth-order valence-corrected chi connectivity index (χ4v) is 4.20. The second-order valence-corrected chi connectivity index (χ2v) is 8.34. The van der Waals surface area contributed by atoms with Gasteiger partial charge >= 0.3 is 5.97 Å². The quantitative estimate of drug-likeness (QED) is 0.429. The number of carbonyl (C=O) groups is 2. The number of nitrogens with zero attached hydrogens (tertiary/aromatic N) is 4. The Morgan fingerprint density at radius 2 is 1.82 bits per heavy atom. The van der Waals surface area contributed by atoms with E-state index >= 15 is 0 Å². The lowest BCUT2D eigenvalue weighted by Crippen LogP contribution is -2.33. The van der Waals surface area contributed by atoms with Gasteiger partial charge in [0.1, 0.15) is 0 Å². The number of ether oxygens (including phenoxy) is 1. The number of amides is 1. The number of benzene rings is 2. The topological polar surface area (TPSA) is 77.3 Å². The number of hydrogen-bond acceptors (Lipinski definition) is 5. The monoisotopic (exact) mass is 440 g/mol. The molecule has 7 heteroatoms. The molecule has 0 radical (unpaired) electrons. The molecule has 5 rings (SSSR count). The van der Waals surface area contributed by atoms with Gasteiger partial charge in [-0.1, -0.05) is 48.5 Å². The van der Waals surface area contributed by atoms with Gasteiger partial charge in [0.2, 0.25) is 0 Å². The minimum absolute atomic E-state index is 0.0710. The highest BCUT2D eigenvalue weighted by Gasteiger charge is 2.26. The predicted octanol–water partition coefficient (Wildman–Crippen LogP) is 4.43. The lowest BCUT2D eigenvalue weighted by Gasteiger charge is -2.17. The molecule has 0 aliphatic carbocycles. The Kier molecular flexibility index (Phi) is 5.38. The van der Waals surface area contributed by atoms with Crippen molar-refractivity contribution >= 4 is 28.6 Å². The maximum Gasteiger partial charge on any atom is 0.339 e. The number of esters is 1. The molecule has 0 saturated heterocycles. The van der Waals surface area contributed by atoms with Crippen molar-refractivity contribution in [1.82, 2.24) is 14.8 Å². The third-order valence-corrected chi connectivity index (χ3v) is 5.86. The molecule has 4 aromatic rings. The molecule has 0 N–H and O–H groups in total. The summed E-state index contributed by atoms with van der Waals surface area (Å²) in [5.74, 6) is -0.802. The molecule has 0 unspecified atom stereocenters. The summed E-state index contributed by atoms with van der Waals surface area (Å²) in [6, 6.07) is 19.2. The molecular weight excluding hydrogens is 416 g/mol. The van der Waals surface area contributed by atoms with Crippen LogP contribution in [-0.4, -0.2) is 39.8 Å². The number of fused-ring (bicyclic) bond motifs is 2. The molecule has 3 heterocycles. The normalized spacial score (nSPS) is 12.9. The molecule has 0 bridgehead atoms. The third-order valence-electron chi connectivity index (χ3n) is 5.86. The molecular formula is C26H24N4O3. The Hall–Kier alpha value is -4.00. The fraction of sp³-hybridized carbons (Fsp3) is 0.231. The molecule has 0 spiro atoms. The maximum atomic E-state index is 13.1. The summed E-state index contributed by atoms with van der Waals surface area (Å²) in [7, 11) is 0. The zero-order chi connectivity index (χ0) is 22.9.